The highest BCUT2D eigenvalue weighted by atomic mass is 19.4. The molecule has 0 fully saturated rings. The lowest BCUT2D eigenvalue weighted by atomic mass is 10.1. The zero-order valence-corrected chi connectivity index (χ0v) is 11.7. The molecule has 0 saturated heterocycles. The summed E-state index contributed by atoms with van der Waals surface area (Å²) in [5, 5.41) is 9.43. The summed E-state index contributed by atoms with van der Waals surface area (Å²) in [7, 11) is 0. The number of anilines is 1. The molecular weight excluding hydrogens is 297 g/mol. The van der Waals surface area contributed by atoms with Crippen molar-refractivity contribution in [3.05, 3.63) is 46.6 Å². The summed E-state index contributed by atoms with van der Waals surface area (Å²) in [6.45, 7) is 1.91. The Kier molecular flexibility index (Phi) is 3.31. The number of alkyl halides is 3. The Morgan fingerprint density at radius 1 is 1.32 bits per heavy atom. The van der Waals surface area contributed by atoms with Gasteiger partial charge in [0.05, 0.1) is 18.7 Å². The lowest BCUT2D eigenvalue weighted by molar-refractivity contribution is -0.138. The number of fused-ring (bicyclic) bond motifs is 1. The monoisotopic (exact) mass is 310 g/mol. The van der Waals surface area contributed by atoms with Gasteiger partial charge in [0.1, 0.15) is 0 Å². The Labute approximate surface area is 124 Å². The molecule has 1 aromatic carbocycles. The molecule has 0 atom stereocenters. The van der Waals surface area contributed by atoms with E-state index in [4.69, 9.17) is 0 Å². The summed E-state index contributed by atoms with van der Waals surface area (Å²) in [6.07, 6.45) is -4.47. The zero-order chi connectivity index (χ0) is 15.9. The van der Waals surface area contributed by atoms with Gasteiger partial charge in [0.25, 0.3) is 0 Å². The van der Waals surface area contributed by atoms with E-state index in [1.165, 1.54) is 23.1 Å². The van der Waals surface area contributed by atoms with E-state index >= 15 is 0 Å². The summed E-state index contributed by atoms with van der Waals surface area (Å²) in [5.74, 6) is 0.373. The fraction of sp³-hybridized carbons (Fsp3) is 0.286. The van der Waals surface area contributed by atoms with Crippen LogP contribution in [0.15, 0.2) is 24.3 Å². The number of hydrogen-bond donors (Lipinski definition) is 2. The number of carbonyl (C=O) groups is 1. The number of amides is 2. The van der Waals surface area contributed by atoms with E-state index in [1.807, 2.05) is 0 Å². The van der Waals surface area contributed by atoms with Crippen LogP contribution < -0.4 is 10.2 Å². The molecule has 2 aromatic rings. The molecule has 0 saturated carbocycles. The average Bonchev–Trinajstić information content (AvgIpc) is 2.83. The van der Waals surface area contributed by atoms with Crippen molar-refractivity contribution in [3.63, 3.8) is 0 Å². The molecule has 1 aliphatic rings. The number of nitrogens with one attached hydrogen (secondary N) is 2. The molecule has 5 nitrogen and oxygen atoms in total. The maximum Gasteiger partial charge on any atom is 0.416 e. The number of carbonyl (C=O) groups excluding carboxylic acids is 1. The fourth-order valence-corrected chi connectivity index (χ4v) is 2.48. The number of halogens is 3. The maximum atomic E-state index is 13.1. The van der Waals surface area contributed by atoms with Crippen LogP contribution in [0.25, 0.3) is 0 Å². The van der Waals surface area contributed by atoms with Crippen LogP contribution in [0.3, 0.4) is 0 Å². The van der Waals surface area contributed by atoms with Gasteiger partial charge in [0.2, 0.25) is 0 Å². The van der Waals surface area contributed by atoms with Crippen LogP contribution in [-0.2, 0) is 19.3 Å². The number of urea groups is 1. The molecule has 116 valence electrons. The molecule has 0 spiro atoms. The first-order valence-corrected chi connectivity index (χ1v) is 6.62. The van der Waals surface area contributed by atoms with Gasteiger partial charge in [-0.1, -0.05) is 18.2 Å². The van der Waals surface area contributed by atoms with Gasteiger partial charge >= 0.3 is 12.2 Å². The summed E-state index contributed by atoms with van der Waals surface area (Å²) in [5.41, 5.74) is 0.842. The number of aromatic nitrogens is 2. The third-order valence-corrected chi connectivity index (χ3v) is 3.62. The minimum Gasteiger partial charge on any atom is -0.333 e. The van der Waals surface area contributed by atoms with Crippen LogP contribution in [0, 0.1) is 6.92 Å². The van der Waals surface area contributed by atoms with Gasteiger partial charge in [-0.3, -0.25) is 10.00 Å². The van der Waals surface area contributed by atoms with Crippen molar-refractivity contribution in [2.24, 2.45) is 0 Å². The third kappa shape index (κ3) is 2.40. The van der Waals surface area contributed by atoms with E-state index in [0.29, 0.717) is 12.4 Å². The molecule has 3 rings (SSSR count). The standard InChI is InChI=1S/C14H13F3N4O/c1-8-10-6-18-13(22)21(12(10)20-19-8)7-9-4-2-3-5-11(9)14(15,16)17/h2-5H,6-7H2,1H3,(H,18,22)(H,19,20). The smallest absolute Gasteiger partial charge is 0.333 e. The van der Waals surface area contributed by atoms with E-state index < -0.39 is 17.8 Å². The van der Waals surface area contributed by atoms with E-state index in [9.17, 15) is 18.0 Å². The fourth-order valence-electron chi connectivity index (χ4n) is 2.48. The predicted octanol–water partition coefficient (Wildman–Crippen LogP) is 2.97. The maximum absolute atomic E-state index is 13.1. The largest absolute Gasteiger partial charge is 0.416 e. The predicted molar refractivity (Wildman–Crippen MR) is 73.2 cm³/mol. The normalized spacial score (nSPS) is 14.7. The molecule has 8 heteroatoms. The van der Waals surface area contributed by atoms with Crippen molar-refractivity contribution in [3.8, 4) is 0 Å². The number of nitrogens with zero attached hydrogens (tertiary/aromatic N) is 2. The Hall–Kier alpha value is -2.51. The summed E-state index contributed by atoms with van der Waals surface area (Å²) < 4.78 is 39.2. The lowest BCUT2D eigenvalue weighted by Crippen LogP contribution is -2.44. The molecule has 0 aliphatic carbocycles. The number of hydrogen-bond acceptors (Lipinski definition) is 2. The van der Waals surface area contributed by atoms with Crippen molar-refractivity contribution < 1.29 is 18.0 Å². The first kappa shape index (κ1) is 14.4. The third-order valence-electron chi connectivity index (χ3n) is 3.62. The molecule has 22 heavy (non-hydrogen) atoms. The summed E-state index contributed by atoms with van der Waals surface area (Å²) >= 11 is 0. The minimum absolute atomic E-state index is 0.0265. The molecule has 0 bridgehead atoms. The van der Waals surface area contributed by atoms with Crippen molar-refractivity contribution in [2.45, 2.75) is 26.2 Å². The molecular formula is C14H13F3N4O. The topological polar surface area (TPSA) is 61.0 Å². The quantitative estimate of drug-likeness (QED) is 0.896. The lowest BCUT2D eigenvalue weighted by Gasteiger charge is -2.27. The number of benzene rings is 1. The molecule has 2 N–H and O–H groups in total. The highest BCUT2D eigenvalue weighted by Gasteiger charge is 2.35. The highest BCUT2D eigenvalue weighted by molar-refractivity contribution is 5.93. The van der Waals surface area contributed by atoms with Crippen LogP contribution in [0.1, 0.15) is 22.4 Å². The Balaban J connectivity index is 1.99. The van der Waals surface area contributed by atoms with Gasteiger partial charge < -0.3 is 5.32 Å². The number of rotatable bonds is 2. The Morgan fingerprint density at radius 3 is 2.77 bits per heavy atom. The highest BCUT2D eigenvalue weighted by Crippen LogP contribution is 2.34. The van der Waals surface area contributed by atoms with Crippen molar-refractivity contribution >= 4 is 11.8 Å². The van der Waals surface area contributed by atoms with E-state index in [-0.39, 0.29) is 12.1 Å². The van der Waals surface area contributed by atoms with Crippen LogP contribution in [-0.4, -0.2) is 16.2 Å². The molecule has 0 radical (unpaired) electrons. The van der Waals surface area contributed by atoms with E-state index in [0.717, 1.165) is 17.3 Å². The molecule has 1 aromatic heterocycles. The molecule has 0 unspecified atom stereocenters. The summed E-state index contributed by atoms with van der Waals surface area (Å²) in [6, 6.07) is 4.75. The van der Waals surface area contributed by atoms with Gasteiger partial charge in [0, 0.05) is 11.3 Å². The minimum atomic E-state index is -4.47. The van der Waals surface area contributed by atoms with Gasteiger partial charge in [-0.25, -0.2) is 4.79 Å². The number of aryl methyl sites for hydroxylation is 1. The van der Waals surface area contributed by atoms with Crippen LogP contribution >= 0.6 is 0 Å². The van der Waals surface area contributed by atoms with E-state index in [2.05, 4.69) is 15.5 Å². The Morgan fingerprint density at radius 2 is 2.05 bits per heavy atom. The van der Waals surface area contributed by atoms with Crippen molar-refractivity contribution in [1.82, 2.24) is 15.5 Å². The van der Waals surface area contributed by atoms with Crippen LogP contribution in [0.2, 0.25) is 0 Å². The number of H-pyrrole nitrogens is 1. The SMILES string of the molecule is Cc1[nH]nc2c1CNC(=O)N2Cc1ccccc1C(F)(F)F. The number of aromatic amines is 1. The van der Waals surface area contributed by atoms with Gasteiger partial charge in [-0.05, 0) is 18.6 Å². The van der Waals surface area contributed by atoms with E-state index in [1.54, 1.807) is 6.92 Å². The first-order valence-electron chi connectivity index (χ1n) is 6.62. The molecule has 2 amide bonds. The Bertz CT molecular complexity index is 723. The molecule has 1 aliphatic heterocycles. The van der Waals surface area contributed by atoms with Crippen LogP contribution in [0.5, 0.6) is 0 Å². The average molecular weight is 310 g/mol. The van der Waals surface area contributed by atoms with Crippen LogP contribution in [0.4, 0.5) is 23.8 Å². The van der Waals surface area contributed by atoms with Gasteiger partial charge in [-0.15, -0.1) is 0 Å². The summed E-state index contributed by atoms with van der Waals surface area (Å²) in [4.78, 5) is 13.2. The molecule has 2 heterocycles. The second-order valence-corrected chi connectivity index (χ2v) is 5.05. The van der Waals surface area contributed by atoms with Crippen molar-refractivity contribution in [1.29, 1.82) is 0 Å². The second kappa shape index (κ2) is 5.04. The van der Waals surface area contributed by atoms with Gasteiger partial charge in [0.15, 0.2) is 5.82 Å². The van der Waals surface area contributed by atoms with Gasteiger partial charge in [-0.2, -0.15) is 18.3 Å². The first-order chi connectivity index (χ1) is 10.4. The van der Waals surface area contributed by atoms with Crippen molar-refractivity contribution in [2.75, 3.05) is 4.90 Å². The zero-order valence-electron chi connectivity index (χ0n) is 11.7. The second-order valence-electron chi connectivity index (χ2n) is 5.05.